The predicted molar refractivity (Wildman–Crippen MR) is 79.2 cm³/mol. The van der Waals surface area contributed by atoms with Crippen LogP contribution in [-0.4, -0.2) is 25.5 Å². The predicted octanol–water partition coefficient (Wildman–Crippen LogP) is 2.01. The average Bonchev–Trinajstić information content (AvgIpc) is 2.67. The van der Waals surface area contributed by atoms with E-state index >= 15 is 0 Å². The Labute approximate surface area is 124 Å². The minimum absolute atomic E-state index is 0.141. The summed E-state index contributed by atoms with van der Waals surface area (Å²) in [6.45, 7) is 3.61. The average molecular weight is 370 g/mol. The van der Waals surface area contributed by atoms with Crippen LogP contribution in [0.25, 0.3) is 0 Å². The number of nitrogens with one attached hydrogen (secondary N) is 1. The maximum atomic E-state index is 12.3. The molecule has 1 unspecified atom stereocenters. The Morgan fingerprint density at radius 2 is 2.32 bits per heavy atom. The molecule has 1 heterocycles. The molecule has 108 valence electrons. The highest BCUT2D eigenvalue weighted by Crippen LogP contribution is 2.29. The van der Waals surface area contributed by atoms with Crippen LogP contribution in [0, 0.1) is 6.92 Å². The molecule has 9 heteroatoms. The molecule has 0 aliphatic rings. The van der Waals surface area contributed by atoms with E-state index in [1.807, 2.05) is 6.92 Å². The van der Waals surface area contributed by atoms with E-state index < -0.39 is 16.1 Å². The van der Waals surface area contributed by atoms with E-state index in [1.54, 1.807) is 6.92 Å². The summed E-state index contributed by atoms with van der Waals surface area (Å²) in [5.41, 5.74) is 5.50. The molecule has 0 fully saturated rings. The van der Waals surface area contributed by atoms with Crippen LogP contribution in [0.5, 0.6) is 0 Å². The highest BCUT2D eigenvalue weighted by atomic mass is 79.9. The molecule has 1 aromatic heterocycles. The van der Waals surface area contributed by atoms with E-state index in [0.29, 0.717) is 17.7 Å². The van der Waals surface area contributed by atoms with Crippen LogP contribution < -0.4 is 10.5 Å². The minimum Gasteiger partial charge on any atom is -0.409 e. The Balaban J connectivity index is 3.04. The number of sulfonamides is 1. The van der Waals surface area contributed by atoms with Gasteiger partial charge >= 0.3 is 0 Å². The second kappa shape index (κ2) is 6.69. The van der Waals surface area contributed by atoms with Crippen LogP contribution in [0.1, 0.15) is 24.6 Å². The largest absolute Gasteiger partial charge is 0.409 e. The molecule has 1 rings (SSSR count). The number of oxime groups is 1. The summed E-state index contributed by atoms with van der Waals surface area (Å²) < 4.78 is 27.7. The molecule has 0 spiro atoms. The van der Waals surface area contributed by atoms with Crippen molar-refractivity contribution in [1.29, 1.82) is 0 Å². The third-order valence-electron chi connectivity index (χ3n) is 2.48. The van der Waals surface area contributed by atoms with Crippen LogP contribution in [0.4, 0.5) is 0 Å². The first-order valence-corrected chi connectivity index (χ1v) is 8.66. The van der Waals surface area contributed by atoms with Crippen molar-refractivity contribution >= 4 is 43.1 Å². The van der Waals surface area contributed by atoms with E-state index in [2.05, 4.69) is 25.8 Å². The van der Waals surface area contributed by atoms with Gasteiger partial charge in [0.2, 0.25) is 10.0 Å². The van der Waals surface area contributed by atoms with Crippen molar-refractivity contribution in [3.05, 3.63) is 14.7 Å². The van der Waals surface area contributed by atoms with Crippen molar-refractivity contribution in [2.24, 2.45) is 10.9 Å². The number of halogens is 1. The molecule has 0 aliphatic heterocycles. The number of thiophene rings is 1. The molecule has 0 saturated carbocycles. The van der Waals surface area contributed by atoms with Gasteiger partial charge in [0.25, 0.3) is 0 Å². The first-order chi connectivity index (χ1) is 8.81. The molecular weight excluding hydrogens is 354 g/mol. The number of aryl methyl sites for hydroxylation is 1. The third kappa shape index (κ3) is 4.16. The highest BCUT2D eigenvalue weighted by Gasteiger charge is 2.25. The summed E-state index contributed by atoms with van der Waals surface area (Å²) in [5.74, 6) is -0.141. The summed E-state index contributed by atoms with van der Waals surface area (Å²) in [4.78, 5) is 0.880. The van der Waals surface area contributed by atoms with Crippen molar-refractivity contribution in [3.63, 3.8) is 0 Å². The van der Waals surface area contributed by atoms with Gasteiger partial charge in [-0.25, -0.2) is 13.1 Å². The van der Waals surface area contributed by atoms with Crippen LogP contribution in [0.15, 0.2) is 19.9 Å². The summed E-state index contributed by atoms with van der Waals surface area (Å²) >= 11 is 4.59. The van der Waals surface area contributed by atoms with Gasteiger partial charge in [-0.15, -0.1) is 11.3 Å². The first-order valence-electron chi connectivity index (χ1n) is 5.57. The maximum absolute atomic E-state index is 12.3. The van der Waals surface area contributed by atoms with Gasteiger partial charge in [-0.2, -0.15) is 0 Å². The van der Waals surface area contributed by atoms with E-state index in [9.17, 15) is 8.42 Å². The number of nitrogens with zero attached hydrogens (tertiary/aromatic N) is 1. The lowest BCUT2D eigenvalue weighted by molar-refractivity contribution is 0.315. The molecule has 1 aromatic rings. The first kappa shape index (κ1) is 16.4. The van der Waals surface area contributed by atoms with E-state index in [1.165, 1.54) is 17.4 Å². The highest BCUT2D eigenvalue weighted by molar-refractivity contribution is 9.11. The molecule has 0 aliphatic carbocycles. The third-order valence-corrected chi connectivity index (χ3v) is 5.76. The van der Waals surface area contributed by atoms with Gasteiger partial charge in [-0.05, 0) is 35.3 Å². The Hall–Kier alpha value is -0.640. The van der Waals surface area contributed by atoms with Gasteiger partial charge in [-0.3, -0.25) is 0 Å². The number of amidine groups is 1. The minimum atomic E-state index is -3.69. The smallest absolute Gasteiger partial charge is 0.242 e. The molecule has 0 bridgehead atoms. The van der Waals surface area contributed by atoms with Crippen LogP contribution in [0.2, 0.25) is 0 Å². The molecule has 6 nitrogen and oxygen atoms in total. The van der Waals surface area contributed by atoms with Crippen molar-refractivity contribution in [2.75, 3.05) is 0 Å². The Bertz CT molecular complexity index is 569. The zero-order chi connectivity index (χ0) is 14.6. The van der Waals surface area contributed by atoms with Gasteiger partial charge in [-0.1, -0.05) is 18.5 Å². The van der Waals surface area contributed by atoms with Gasteiger partial charge in [0.1, 0.15) is 0 Å². The number of hydrogen-bond acceptors (Lipinski definition) is 5. The molecule has 19 heavy (non-hydrogen) atoms. The second-order valence-corrected chi connectivity index (χ2v) is 8.28. The van der Waals surface area contributed by atoms with Gasteiger partial charge in [0, 0.05) is 4.88 Å². The molecule has 4 N–H and O–H groups in total. The Morgan fingerprint density at radius 3 is 2.74 bits per heavy atom. The van der Waals surface area contributed by atoms with E-state index in [-0.39, 0.29) is 10.7 Å². The number of nitrogens with two attached hydrogens (primary N) is 1. The van der Waals surface area contributed by atoms with Crippen LogP contribution >= 0.6 is 27.3 Å². The maximum Gasteiger partial charge on any atom is 0.242 e. The lowest BCUT2D eigenvalue weighted by atomic mass is 10.2. The Morgan fingerprint density at radius 1 is 1.68 bits per heavy atom. The molecule has 0 saturated heterocycles. The van der Waals surface area contributed by atoms with Gasteiger partial charge < -0.3 is 10.9 Å². The lowest BCUT2D eigenvalue weighted by Gasteiger charge is -2.16. The normalized spacial score (nSPS) is 14.6. The SMILES string of the molecule is CCCC(NS(=O)(=O)c1cc(Br)sc1C)C(N)=NO. The zero-order valence-electron chi connectivity index (χ0n) is 10.6. The van der Waals surface area contributed by atoms with E-state index in [0.717, 1.165) is 3.79 Å². The van der Waals surface area contributed by atoms with Crippen molar-refractivity contribution in [3.8, 4) is 0 Å². The molecule has 0 aromatic carbocycles. The van der Waals surface area contributed by atoms with Crippen molar-refractivity contribution in [2.45, 2.75) is 37.6 Å². The van der Waals surface area contributed by atoms with Gasteiger partial charge in [0.05, 0.1) is 14.7 Å². The molecule has 1 atom stereocenters. The van der Waals surface area contributed by atoms with Crippen molar-refractivity contribution in [1.82, 2.24) is 4.72 Å². The summed E-state index contributed by atoms with van der Waals surface area (Å²) in [7, 11) is -3.69. The van der Waals surface area contributed by atoms with Gasteiger partial charge in [0.15, 0.2) is 5.84 Å². The van der Waals surface area contributed by atoms with Crippen LogP contribution in [-0.2, 0) is 10.0 Å². The standard InChI is InChI=1S/C10H16BrN3O3S2/c1-3-4-7(10(12)13-15)14-19(16,17)8-5-9(11)18-6(8)2/h5,7,14-15H,3-4H2,1-2H3,(H2,12,13). The fraction of sp³-hybridized carbons (Fsp3) is 0.500. The molecule has 0 amide bonds. The van der Waals surface area contributed by atoms with Crippen molar-refractivity contribution < 1.29 is 13.6 Å². The quantitative estimate of drug-likeness (QED) is 0.308. The monoisotopic (exact) mass is 369 g/mol. The van der Waals surface area contributed by atoms with Crippen LogP contribution in [0.3, 0.4) is 0 Å². The second-order valence-electron chi connectivity index (χ2n) is 3.96. The topological polar surface area (TPSA) is 105 Å². The zero-order valence-corrected chi connectivity index (χ0v) is 13.8. The lowest BCUT2D eigenvalue weighted by Crippen LogP contribution is -2.44. The summed E-state index contributed by atoms with van der Waals surface area (Å²) in [6, 6.07) is 0.829. The number of hydrogen-bond donors (Lipinski definition) is 3. The fourth-order valence-corrected chi connectivity index (χ4v) is 5.23. The molecule has 0 radical (unpaired) electrons. The fourth-order valence-electron chi connectivity index (χ4n) is 1.57. The molecular formula is C10H16BrN3O3S2. The summed E-state index contributed by atoms with van der Waals surface area (Å²) in [6.07, 6.45) is 1.16. The number of rotatable bonds is 6. The Kier molecular flexibility index (Phi) is 5.78. The summed E-state index contributed by atoms with van der Waals surface area (Å²) in [5, 5.41) is 11.6. The van der Waals surface area contributed by atoms with E-state index in [4.69, 9.17) is 10.9 Å².